The molecular weight excluding hydrogens is 548 g/mol. The largest absolute Gasteiger partial charge is 0.412 e. The van der Waals surface area contributed by atoms with Crippen LogP contribution in [0, 0.1) is 0 Å². The number of sulfone groups is 3. The Kier molecular flexibility index (Phi) is 7.48. The number of nitrogens with one attached hydrogen (secondary N) is 2. The molecule has 0 aliphatic carbocycles. The van der Waals surface area contributed by atoms with E-state index in [4.69, 9.17) is 9.47 Å². The Bertz CT molecular complexity index is 1390. The van der Waals surface area contributed by atoms with Gasteiger partial charge in [0.05, 0.1) is 32.8 Å². The predicted molar refractivity (Wildman–Crippen MR) is 131 cm³/mol. The molecule has 2 aromatic rings. The van der Waals surface area contributed by atoms with Gasteiger partial charge in [0.15, 0.2) is 19.7 Å². The highest BCUT2D eigenvalue weighted by Gasteiger charge is 2.30. The van der Waals surface area contributed by atoms with E-state index in [1.54, 1.807) is 0 Å². The Balaban J connectivity index is 1.33. The van der Waals surface area contributed by atoms with E-state index in [1.807, 2.05) is 0 Å². The van der Waals surface area contributed by atoms with E-state index in [1.165, 1.54) is 48.5 Å². The van der Waals surface area contributed by atoms with Crippen LogP contribution in [0.1, 0.15) is 12.8 Å². The van der Waals surface area contributed by atoms with Crippen LogP contribution in [0.5, 0.6) is 11.5 Å². The van der Waals surface area contributed by atoms with E-state index in [-0.39, 0.29) is 44.3 Å². The molecule has 2 unspecified atom stereocenters. The molecule has 2 aliphatic heterocycles. The number of carbonyl (C=O) groups excluding carboxylic acids is 2. The lowest BCUT2D eigenvalue weighted by atomic mass is 10.3. The van der Waals surface area contributed by atoms with Crippen LogP contribution < -0.4 is 20.1 Å². The highest BCUT2D eigenvalue weighted by atomic mass is 32.2. The average molecular weight is 573 g/mol. The molecule has 2 aromatic carbocycles. The van der Waals surface area contributed by atoms with Crippen LogP contribution >= 0.6 is 0 Å². The molecular formula is C22H24N2O10S3. The van der Waals surface area contributed by atoms with Crippen molar-refractivity contribution in [2.75, 3.05) is 23.0 Å². The van der Waals surface area contributed by atoms with Gasteiger partial charge in [0, 0.05) is 12.1 Å². The smallest absolute Gasteiger partial charge is 0.410 e. The Hall–Kier alpha value is -3.17. The Labute approximate surface area is 214 Å². The van der Waals surface area contributed by atoms with E-state index >= 15 is 0 Å². The summed E-state index contributed by atoms with van der Waals surface area (Å²) in [6.45, 7) is 0. The SMILES string of the molecule is O=C(NC1CCS(=O)(=O)C1)Oc1ccc(S(=O)(=O)c2ccc(OC(=O)NC3CCS(=O)(=O)C3)cc2)cc1. The zero-order chi connectivity index (χ0) is 26.8. The van der Waals surface area contributed by atoms with Gasteiger partial charge in [-0.2, -0.15) is 0 Å². The van der Waals surface area contributed by atoms with Gasteiger partial charge in [-0.3, -0.25) is 0 Å². The number of hydrogen-bond acceptors (Lipinski definition) is 10. The van der Waals surface area contributed by atoms with Gasteiger partial charge in [0.1, 0.15) is 11.5 Å². The van der Waals surface area contributed by atoms with Crippen LogP contribution in [0.15, 0.2) is 58.3 Å². The molecule has 0 saturated carbocycles. The molecule has 4 rings (SSSR count). The Morgan fingerprint density at radius 1 is 0.676 bits per heavy atom. The zero-order valence-corrected chi connectivity index (χ0v) is 21.8. The lowest BCUT2D eigenvalue weighted by Gasteiger charge is -2.12. The van der Waals surface area contributed by atoms with Crippen LogP contribution in [0.3, 0.4) is 0 Å². The van der Waals surface area contributed by atoms with Gasteiger partial charge < -0.3 is 20.1 Å². The number of rotatable bonds is 6. The van der Waals surface area contributed by atoms with Crippen LogP contribution in [-0.4, -0.2) is 72.5 Å². The summed E-state index contributed by atoms with van der Waals surface area (Å²) in [7, 11) is -10.3. The molecule has 0 bridgehead atoms. The summed E-state index contributed by atoms with van der Waals surface area (Å²) in [5.74, 6) is -0.170. The summed E-state index contributed by atoms with van der Waals surface area (Å²) in [4.78, 5) is 23.9. The fraction of sp³-hybridized carbons (Fsp3) is 0.364. The molecule has 2 fully saturated rings. The van der Waals surface area contributed by atoms with Crippen molar-refractivity contribution in [3.8, 4) is 11.5 Å². The van der Waals surface area contributed by atoms with Crippen molar-refractivity contribution in [3.63, 3.8) is 0 Å². The molecule has 15 heteroatoms. The summed E-state index contributed by atoms with van der Waals surface area (Å²) in [5, 5.41) is 4.94. The highest BCUT2D eigenvalue weighted by molar-refractivity contribution is 7.92. The summed E-state index contributed by atoms with van der Waals surface area (Å²) in [6.07, 6.45) is -1.08. The lowest BCUT2D eigenvalue weighted by molar-refractivity contribution is 0.196. The van der Waals surface area contributed by atoms with E-state index in [0.717, 1.165) is 0 Å². The van der Waals surface area contributed by atoms with Crippen LogP contribution in [0.2, 0.25) is 0 Å². The number of ether oxygens (including phenoxy) is 2. The molecule has 0 aromatic heterocycles. The van der Waals surface area contributed by atoms with Crippen molar-refractivity contribution in [1.29, 1.82) is 0 Å². The average Bonchev–Trinajstić information content (AvgIpc) is 3.33. The number of amides is 2. The minimum Gasteiger partial charge on any atom is -0.410 e. The van der Waals surface area contributed by atoms with E-state index in [9.17, 15) is 34.8 Å². The van der Waals surface area contributed by atoms with Crippen LogP contribution in [0.4, 0.5) is 9.59 Å². The topological polar surface area (TPSA) is 179 Å². The molecule has 2 heterocycles. The van der Waals surface area contributed by atoms with E-state index < -0.39 is 53.8 Å². The third kappa shape index (κ3) is 6.99. The van der Waals surface area contributed by atoms with Crippen molar-refractivity contribution in [2.24, 2.45) is 0 Å². The van der Waals surface area contributed by atoms with Crippen molar-refractivity contribution in [1.82, 2.24) is 10.6 Å². The third-order valence-corrected chi connectivity index (χ3v) is 11.1. The molecule has 0 radical (unpaired) electrons. The molecule has 2 saturated heterocycles. The minimum absolute atomic E-state index is 0.00229. The van der Waals surface area contributed by atoms with Gasteiger partial charge in [-0.25, -0.2) is 34.8 Å². The Morgan fingerprint density at radius 3 is 1.32 bits per heavy atom. The molecule has 2 atom stereocenters. The monoisotopic (exact) mass is 572 g/mol. The molecule has 37 heavy (non-hydrogen) atoms. The first-order valence-electron chi connectivity index (χ1n) is 11.1. The second-order valence-corrected chi connectivity index (χ2v) is 15.1. The molecule has 0 spiro atoms. The minimum atomic E-state index is -3.94. The number of benzene rings is 2. The number of hydrogen-bond donors (Lipinski definition) is 2. The molecule has 2 aliphatic rings. The summed E-state index contributed by atoms with van der Waals surface area (Å²) in [6, 6.07) is 9.13. The summed E-state index contributed by atoms with van der Waals surface area (Å²) in [5.41, 5.74) is 0. The highest BCUT2D eigenvalue weighted by Crippen LogP contribution is 2.25. The van der Waals surface area contributed by atoms with Gasteiger partial charge in [-0.05, 0) is 61.4 Å². The zero-order valence-electron chi connectivity index (χ0n) is 19.3. The molecule has 200 valence electrons. The van der Waals surface area contributed by atoms with Gasteiger partial charge in [-0.15, -0.1) is 0 Å². The standard InChI is InChI=1S/C22H24N2O10S3/c25-21(23-15-9-11-35(27,28)13-15)33-17-1-5-19(6-2-17)37(31,32)20-7-3-18(4-8-20)34-22(26)24-16-10-12-36(29,30)14-16/h1-8,15-16H,9-14H2,(H,23,25)(H,24,26). The molecule has 2 amide bonds. The summed E-state index contributed by atoms with van der Waals surface area (Å²) >= 11 is 0. The van der Waals surface area contributed by atoms with Crippen LogP contribution in [-0.2, 0) is 29.5 Å². The summed E-state index contributed by atoms with van der Waals surface area (Å²) < 4.78 is 82.0. The second kappa shape index (κ2) is 10.3. The van der Waals surface area contributed by atoms with Crippen molar-refractivity contribution >= 4 is 41.7 Å². The van der Waals surface area contributed by atoms with Gasteiger partial charge in [0.25, 0.3) is 0 Å². The normalized spacial score (nSPS) is 22.2. The maximum atomic E-state index is 12.9. The third-order valence-electron chi connectivity index (χ3n) is 5.80. The van der Waals surface area contributed by atoms with Crippen molar-refractivity contribution in [2.45, 2.75) is 34.7 Å². The predicted octanol–water partition coefficient (Wildman–Crippen LogP) is 1.07. The van der Waals surface area contributed by atoms with Gasteiger partial charge in [0.2, 0.25) is 9.84 Å². The quantitative estimate of drug-likeness (QED) is 0.508. The first-order valence-corrected chi connectivity index (χ1v) is 16.3. The van der Waals surface area contributed by atoms with Crippen molar-refractivity contribution in [3.05, 3.63) is 48.5 Å². The fourth-order valence-electron chi connectivity index (χ4n) is 3.93. The first kappa shape index (κ1) is 26.9. The van der Waals surface area contributed by atoms with Gasteiger partial charge in [-0.1, -0.05) is 0 Å². The fourth-order valence-corrected chi connectivity index (χ4v) is 8.54. The number of carbonyl (C=O) groups is 2. The van der Waals surface area contributed by atoms with Gasteiger partial charge >= 0.3 is 12.2 Å². The molecule has 2 N–H and O–H groups in total. The first-order chi connectivity index (χ1) is 17.3. The van der Waals surface area contributed by atoms with Crippen molar-refractivity contribution < 1.29 is 44.3 Å². The molecule has 12 nitrogen and oxygen atoms in total. The lowest BCUT2D eigenvalue weighted by Crippen LogP contribution is -2.37. The maximum Gasteiger partial charge on any atom is 0.412 e. The Morgan fingerprint density at radius 2 is 1.03 bits per heavy atom. The second-order valence-electron chi connectivity index (χ2n) is 8.71. The maximum absolute atomic E-state index is 12.9. The van der Waals surface area contributed by atoms with E-state index in [0.29, 0.717) is 12.8 Å². The van der Waals surface area contributed by atoms with E-state index in [2.05, 4.69) is 10.6 Å². The van der Waals surface area contributed by atoms with Crippen LogP contribution in [0.25, 0.3) is 0 Å².